The van der Waals surface area contributed by atoms with Gasteiger partial charge in [-0.25, -0.2) is 9.97 Å². The molecule has 0 aliphatic carbocycles. The van der Waals surface area contributed by atoms with Gasteiger partial charge in [-0.15, -0.1) is 0 Å². The number of aryl methyl sites for hydroxylation is 1. The van der Waals surface area contributed by atoms with Crippen LogP contribution >= 0.6 is 0 Å². The molecule has 0 atom stereocenters. The van der Waals surface area contributed by atoms with E-state index in [0.29, 0.717) is 5.41 Å². The van der Waals surface area contributed by atoms with Crippen molar-refractivity contribution in [1.82, 2.24) is 14.9 Å². The lowest BCUT2D eigenvalue weighted by Crippen LogP contribution is -2.72. The summed E-state index contributed by atoms with van der Waals surface area (Å²) in [5.74, 6) is 2.59. The molecule has 5 nitrogen and oxygen atoms in total. The number of furan rings is 1. The van der Waals surface area contributed by atoms with E-state index in [9.17, 15) is 0 Å². The van der Waals surface area contributed by atoms with Crippen molar-refractivity contribution in [3.63, 3.8) is 0 Å². The molecule has 5 heteroatoms. The largest absolute Gasteiger partial charge is 0.463 e. The second-order valence-corrected chi connectivity index (χ2v) is 7.62. The van der Waals surface area contributed by atoms with E-state index in [1.54, 1.807) is 6.26 Å². The molecule has 2 fully saturated rings. The minimum atomic E-state index is 0.443. The normalized spacial score (nSPS) is 18.6. The van der Waals surface area contributed by atoms with Crippen LogP contribution in [0.5, 0.6) is 0 Å². The van der Waals surface area contributed by atoms with Gasteiger partial charge in [-0.3, -0.25) is 4.90 Å². The first-order chi connectivity index (χ1) is 12.7. The fraction of sp³-hybridized carbons (Fsp3) is 0.333. The number of aromatic nitrogens is 2. The third-order valence-electron chi connectivity index (χ3n) is 5.34. The smallest absolute Gasteiger partial charge is 0.152 e. The lowest BCUT2D eigenvalue weighted by molar-refractivity contribution is -0.0276. The number of nitrogens with zero attached hydrogens (tertiary/aromatic N) is 4. The summed E-state index contributed by atoms with van der Waals surface area (Å²) in [4.78, 5) is 14.0. The average molecular weight is 346 g/mol. The minimum absolute atomic E-state index is 0.443. The molecule has 1 aromatic carbocycles. The quantitative estimate of drug-likeness (QED) is 0.725. The highest BCUT2D eigenvalue weighted by Crippen LogP contribution is 2.42. The van der Waals surface area contributed by atoms with Crippen LogP contribution < -0.4 is 4.90 Å². The van der Waals surface area contributed by atoms with Crippen LogP contribution in [0.4, 0.5) is 5.82 Å². The van der Waals surface area contributed by atoms with E-state index < -0.39 is 0 Å². The van der Waals surface area contributed by atoms with Crippen molar-refractivity contribution in [1.29, 1.82) is 0 Å². The van der Waals surface area contributed by atoms with Crippen LogP contribution in [0.3, 0.4) is 0 Å². The highest BCUT2D eigenvalue weighted by Gasteiger charge is 2.51. The second-order valence-electron chi connectivity index (χ2n) is 7.62. The third kappa shape index (κ3) is 2.78. The van der Waals surface area contributed by atoms with E-state index in [4.69, 9.17) is 4.42 Å². The van der Waals surface area contributed by atoms with Crippen LogP contribution in [-0.2, 0) is 6.54 Å². The molecule has 2 aliphatic heterocycles. The summed E-state index contributed by atoms with van der Waals surface area (Å²) >= 11 is 0. The summed E-state index contributed by atoms with van der Waals surface area (Å²) in [7, 11) is 0. The zero-order chi connectivity index (χ0) is 17.6. The highest BCUT2D eigenvalue weighted by atomic mass is 16.3. The lowest BCUT2D eigenvalue weighted by atomic mass is 9.72. The summed E-state index contributed by atoms with van der Waals surface area (Å²) in [6, 6.07) is 16.6. The molecule has 0 radical (unpaired) electrons. The molecule has 0 unspecified atom stereocenters. The predicted molar refractivity (Wildman–Crippen MR) is 101 cm³/mol. The van der Waals surface area contributed by atoms with Gasteiger partial charge in [0.1, 0.15) is 17.3 Å². The van der Waals surface area contributed by atoms with Gasteiger partial charge in [-0.05, 0) is 24.6 Å². The van der Waals surface area contributed by atoms with E-state index in [0.717, 1.165) is 42.7 Å². The summed E-state index contributed by atoms with van der Waals surface area (Å²) in [5, 5.41) is 0. The maximum atomic E-state index is 5.49. The van der Waals surface area contributed by atoms with Crippen molar-refractivity contribution in [3.8, 4) is 11.5 Å². The van der Waals surface area contributed by atoms with Crippen LogP contribution in [0.25, 0.3) is 11.5 Å². The SMILES string of the molecule is Cc1nc(-c2ccco2)cc(N2CC3(CN(Cc4ccccc4)C3)C2)n1. The first-order valence-electron chi connectivity index (χ1n) is 9.10. The Morgan fingerprint density at radius 3 is 2.54 bits per heavy atom. The predicted octanol–water partition coefficient (Wildman–Crippen LogP) is 3.37. The number of anilines is 1. The molecule has 4 heterocycles. The molecule has 2 saturated heterocycles. The summed E-state index contributed by atoms with van der Waals surface area (Å²) in [5.41, 5.74) is 2.70. The maximum Gasteiger partial charge on any atom is 0.152 e. The fourth-order valence-electron chi connectivity index (χ4n) is 4.25. The van der Waals surface area contributed by atoms with Crippen LogP contribution in [0.15, 0.2) is 59.2 Å². The van der Waals surface area contributed by atoms with Crippen molar-refractivity contribution < 1.29 is 4.42 Å². The molecular formula is C21H22N4O. The maximum absolute atomic E-state index is 5.49. The molecule has 1 spiro atoms. The molecule has 132 valence electrons. The molecule has 0 saturated carbocycles. The standard InChI is InChI=1S/C21H22N4O/c1-16-22-18(19-8-5-9-26-19)10-20(23-16)25-14-21(15-25)12-24(13-21)11-17-6-3-2-4-7-17/h2-10H,11-15H2,1H3. The van der Waals surface area contributed by atoms with Gasteiger partial charge in [0.15, 0.2) is 5.76 Å². The van der Waals surface area contributed by atoms with E-state index >= 15 is 0 Å². The minimum Gasteiger partial charge on any atom is -0.463 e. The Labute approximate surface area is 153 Å². The van der Waals surface area contributed by atoms with Gasteiger partial charge in [-0.1, -0.05) is 30.3 Å². The van der Waals surface area contributed by atoms with Crippen LogP contribution in [0, 0.1) is 12.3 Å². The van der Waals surface area contributed by atoms with Gasteiger partial charge in [-0.2, -0.15) is 0 Å². The number of hydrogen-bond donors (Lipinski definition) is 0. The molecule has 26 heavy (non-hydrogen) atoms. The Morgan fingerprint density at radius 1 is 1.00 bits per heavy atom. The van der Waals surface area contributed by atoms with E-state index in [1.807, 2.05) is 25.1 Å². The number of likely N-dealkylation sites (tertiary alicyclic amines) is 1. The average Bonchev–Trinajstić information content (AvgIpc) is 3.11. The Bertz CT molecular complexity index is 893. The van der Waals surface area contributed by atoms with Crippen molar-refractivity contribution in [2.45, 2.75) is 13.5 Å². The molecule has 0 N–H and O–H groups in total. The Hall–Kier alpha value is -2.66. The summed E-state index contributed by atoms with van der Waals surface area (Å²) in [6.07, 6.45) is 1.68. The van der Waals surface area contributed by atoms with Gasteiger partial charge in [0.2, 0.25) is 0 Å². The Balaban J connectivity index is 1.23. The molecule has 0 amide bonds. The second kappa shape index (κ2) is 5.95. The van der Waals surface area contributed by atoms with Crippen LogP contribution in [0.1, 0.15) is 11.4 Å². The Kier molecular flexibility index (Phi) is 3.57. The zero-order valence-corrected chi connectivity index (χ0v) is 14.9. The van der Waals surface area contributed by atoms with Crippen LogP contribution in [0.2, 0.25) is 0 Å². The number of benzene rings is 1. The van der Waals surface area contributed by atoms with E-state index in [1.165, 1.54) is 18.7 Å². The van der Waals surface area contributed by atoms with Crippen molar-refractivity contribution in [2.75, 3.05) is 31.1 Å². The molecule has 0 bridgehead atoms. The van der Waals surface area contributed by atoms with Gasteiger partial charge >= 0.3 is 0 Å². The zero-order valence-electron chi connectivity index (χ0n) is 14.9. The third-order valence-corrected chi connectivity index (χ3v) is 5.34. The Morgan fingerprint density at radius 2 is 1.81 bits per heavy atom. The van der Waals surface area contributed by atoms with E-state index in [2.05, 4.69) is 50.1 Å². The van der Waals surface area contributed by atoms with E-state index in [-0.39, 0.29) is 0 Å². The summed E-state index contributed by atoms with van der Waals surface area (Å²) in [6.45, 7) is 7.49. The fourth-order valence-corrected chi connectivity index (χ4v) is 4.25. The lowest BCUT2D eigenvalue weighted by Gasteiger charge is -2.60. The van der Waals surface area contributed by atoms with Crippen molar-refractivity contribution >= 4 is 5.82 Å². The number of hydrogen-bond acceptors (Lipinski definition) is 5. The van der Waals surface area contributed by atoms with Gasteiger partial charge in [0.05, 0.1) is 6.26 Å². The first-order valence-corrected chi connectivity index (χ1v) is 9.10. The van der Waals surface area contributed by atoms with Gasteiger partial charge in [0.25, 0.3) is 0 Å². The van der Waals surface area contributed by atoms with Crippen LogP contribution in [-0.4, -0.2) is 41.0 Å². The summed E-state index contributed by atoms with van der Waals surface area (Å²) < 4.78 is 5.49. The molecule has 3 aromatic rings. The molecular weight excluding hydrogens is 324 g/mol. The topological polar surface area (TPSA) is 45.4 Å². The van der Waals surface area contributed by atoms with Crippen molar-refractivity contribution in [2.24, 2.45) is 5.41 Å². The molecule has 5 rings (SSSR count). The molecule has 2 aliphatic rings. The van der Waals surface area contributed by atoms with Crippen molar-refractivity contribution in [3.05, 3.63) is 66.2 Å². The van der Waals surface area contributed by atoms with Gasteiger partial charge < -0.3 is 9.32 Å². The molecule has 2 aromatic heterocycles. The first kappa shape index (κ1) is 15.6. The monoisotopic (exact) mass is 346 g/mol. The highest BCUT2D eigenvalue weighted by molar-refractivity contribution is 5.59. The van der Waals surface area contributed by atoms with Gasteiger partial charge in [0, 0.05) is 44.2 Å². The number of rotatable bonds is 4.